The predicted molar refractivity (Wildman–Crippen MR) is 365 cm³/mol. The minimum atomic E-state index is -4.94. The topological polar surface area (TPSA) is 231 Å². The van der Waals surface area contributed by atoms with E-state index < -0.39 is 49.5 Å². The van der Waals surface area contributed by atoms with Crippen LogP contribution in [0.2, 0.25) is 0 Å². The summed E-state index contributed by atoms with van der Waals surface area (Å²) in [7, 11) is -19.7. The van der Waals surface area contributed by atoms with Gasteiger partial charge in [0, 0.05) is 0 Å². The van der Waals surface area contributed by atoms with Gasteiger partial charge in [-0.2, -0.15) is 0 Å². The number of rotatable bonds is 18. The third kappa shape index (κ3) is 19.6. The molecule has 0 aliphatic rings. The zero-order valence-corrected chi connectivity index (χ0v) is 60.6. The quantitative estimate of drug-likeness (QED) is 0.0527. The number of benzene rings is 12. The van der Waals surface area contributed by atoms with Crippen molar-refractivity contribution < 1.29 is 113 Å². The molecule has 0 heterocycles. The Morgan fingerprint density at radius 1 is 0.208 bits per heavy atom. The van der Waals surface area contributed by atoms with Crippen molar-refractivity contribution in [2.45, 2.75) is 0 Å². The third-order valence-corrected chi connectivity index (χ3v) is 31.2. The van der Waals surface area contributed by atoms with E-state index in [9.17, 15) is 10.2 Å². The first-order valence-electron chi connectivity index (χ1n) is 29.4. The van der Waals surface area contributed by atoms with Gasteiger partial charge in [0.05, 0.1) is 92.7 Å². The molecule has 0 aromatic heterocycles. The average Bonchev–Trinajstić information content (AvgIpc) is 0.763. The van der Waals surface area contributed by atoms with E-state index in [4.69, 9.17) is 37.3 Å². The van der Waals surface area contributed by atoms with E-state index >= 15 is 0 Å². The van der Waals surface area contributed by atoms with E-state index in [0.29, 0.717) is 0 Å². The van der Waals surface area contributed by atoms with Gasteiger partial charge in [-0.25, -0.2) is 48.8 Å². The van der Waals surface area contributed by atoms with E-state index in [2.05, 4.69) is 315 Å². The normalized spacial score (nSPS) is 11.8. The summed E-state index contributed by atoms with van der Waals surface area (Å²) in [5.74, 6) is 4.20. The SMILES string of the molecule is [Au+].[Au+].[O-]/C(=C\[P+](c1ccccc1)(c1ccccc1)c1ccccc1)[CH-][P+](c1ccccc1)(c1ccccc1)c1ccccc1.[O-]/C(=C\[P+](c1ccccc1)(c1ccccc1)c1ccccc1)[CH-][P+](c1ccccc1)(c1ccccc1)c1ccccc1.[O-][Cl+3]([O-])([O-])[O-].[O-][Cl+3]([O-])([O-])[O-]. The second-order valence-electron chi connectivity index (χ2n) is 21.0. The van der Waals surface area contributed by atoms with Gasteiger partial charge in [0.15, 0.2) is 0 Å². The molecule has 0 saturated carbocycles. The molecule has 12 aromatic rings. The van der Waals surface area contributed by atoms with Crippen molar-refractivity contribution in [1.29, 1.82) is 0 Å². The molecule has 18 heteroatoms. The minimum absolute atomic E-state index is 0. The molecule has 0 aliphatic heterocycles. The molecule has 0 aliphatic carbocycles. The van der Waals surface area contributed by atoms with Gasteiger partial charge in [-0.05, 0) is 146 Å². The zero-order valence-electron chi connectivity index (χ0n) is 51.2. The van der Waals surface area contributed by atoms with Crippen LogP contribution in [0.25, 0.3) is 0 Å². The summed E-state index contributed by atoms with van der Waals surface area (Å²) < 4.78 is 67.9. The Morgan fingerprint density at radius 3 is 0.427 bits per heavy atom. The molecule has 0 saturated heterocycles. The Labute approximate surface area is 599 Å². The van der Waals surface area contributed by atoms with Crippen LogP contribution in [0.4, 0.5) is 0 Å². The molecule has 10 nitrogen and oxygen atoms in total. The summed E-state index contributed by atoms with van der Waals surface area (Å²) in [6.45, 7) is 0. The predicted octanol–water partition coefficient (Wildman–Crippen LogP) is 3.16. The Bertz CT molecular complexity index is 3570. The molecule has 0 N–H and O–H groups in total. The van der Waals surface area contributed by atoms with Gasteiger partial charge >= 0.3 is 44.8 Å². The van der Waals surface area contributed by atoms with Gasteiger partial charge in [-0.1, -0.05) is 242 Å². The smallest absolute Gasteiger partial charge is 0.895 e. The van der Waals surface area contributed by atoms with E-state index in [1.165, 1.54) is 0 Å². The molecule has 0 spiro atoms. The second-order valence-corrected chi connectivity index (χ2v) is 35.5. The summed E-state index contributed by atoms with van der Waals surface area (Å²) in [6, 6.07) is 126. The van der Waals surface area contributed by atoms with Gasteiger partial charge in [0.25, 0.3) is 0 Å². The Morgan fingerprint density at radius 2 is 0.312 bits per heavy atom. The molecule has 12 rings (SSSR count). The van der Waals surface area contributed by atoms with Crippen LogP contribution < -0.4 is 111 Å². The van der Waals surface area contributed by atoms with Gasteiger partial charge in [-0.15, -0.1) is 20.5 Å². The van der Waals surface area contributed by atoms with Gasteiger partial charge in [0.2, 0.25) is 0 Å². The molecule has 0 unspecified atom stereocenters. The summed E-state index contributed by atoms with van der Waals surface area (Å²) in [5.41, 5.74) is 0. The van der Waals surface area contributed by atoms with E-state index in [1.807, 2.05) is 72.8 Å². The maximum absolute atomic E-state index is 14.9. The van der Waals surface area contributed by atoms with Crippen molar-refractivity contribution in [3.8, 4) is 0 Å². The van der Waals surface area contributed by atoms with Crippen LogP contribution in [-0.2, 0) is 44.8 Å². The second kappa shape index (κ2) is 36.5. The van der Waals surface area contributed by atoms with E-state index in [-0.39, 0.29) is 56.3 Å². The first-order valence-corrected chi connectivity index (χ1v) is 39.3. The van der Waals surface area contributed by atoms with Crippen molar-refractivity contribution in [3.63, 3.8) is 0 Å². The molecule has 12 aromatic carbocycles. The summed E-state index contributed by atoms with van der Waals surface area (Å²) in [6.07, 6.45) is 4.10. The number of hydrogen-bond donors (Lipinski definition) is 0. The standard InChI is InChI=1S/2C39H32OP2.2Au.2ClHO4/c2*40-33(31-41(34-19-7-1-8-20-34,35-21-9-2-10-22-35)36-23-11-3-12-24-36)32-42(37-25-13-4-14-26-37,38-27-15-5-16-28-38)39-29-17-6-18-30-39;;;2*2-1(3,4)5/h2*1-32H;;;2*(H,2,3,4,5)/q;;2*+1;;/p-2/b2*33-31-;;;;. The van der Waals surface area contributed by atoms with Crippen molar-refractivity contribution >= 4 is 92.7 Å². The first kappa shape index (κ1) is 76.3. The molecule has 0 radical (unpaired) electrons. The fourth-order valence-electron chi connectivity index (χ4n) is 11.5. The van der Waals surface area contributed by atoms with Crippen LogP contribution in [0.15, 0.2) is 387 Å². The van der Waals surface area contributed by atoms with Crippen LogP contribution in [-0.4, -0.2) is 0 Å². The van der Waals surface area contributed by atoms with Crippen LogP contribution in [0.1, 0.15) is 0 Å². The average molecular weight is 1750 g/mol. The molecule has 492 valence electrons. The van der Waals surface area contributed by atoms with Crippen molar-refractivity contribution in [2.75, 3.05) is 0 Å². The largest absolute Gasteiger partial charge is 1.00 e. The molecular weight excluding hydrogens is 1690 g/mol. The summed E-state index contributed by atoms with van der Waals surface area (Å²) >= 11 is 0. The monoisotopic (exact) mass is 1750 g/mol. The molecule has 0 bridgehead atoms. The fourth-order valence-corrected chi connectivity index (χ4v) is 26.6. The molecule has 0 amide bonds. The number of halogens is 2. The Balaban J connectivity index is 0.000000233. The Kier molecular flexibility index (Phi) is 29.0. The summed E-state index contributed by atoms with van der Waals surface area (Å²) in [5, 5.41) is 43.6. The van der Waals surface area contributed by atoms with Crippen molar-refractivity contribution in [3.05, 3.63) is 399 Å². The first-order chi connectivity index (χ1) is 45.5. The van der Waals surface area contributed by atoms with E-state index in [0.717, 1.165) is 63.7 Å². The van der Waals surface area contributed by atoms with Crippen LogP contribution >= 0.6 is 29.0 Å². The van der Waals surface area contributed by atoms with Crippen LogP contribution in [0.5, 0.6) is 0 Å². The molecule has 96 heavy (non-hydrogen) atoms. The maximum Gasteiger partial charge on any atom is 1.00 e. The fraction of sp³-hybridized carbons (Fsp3) is 0. The Hall–Kier alpha value is -7.08. The molecular formula is C78H64Au2Cl2O10P4. The minimum Gasteiger partial charge on any atom is -0.895 e. The number of allylic oxidation sites excluding steroid dienone is 2. The molecule has 0 atom stereocenters. The van der Waals surface area contributed by atoms with Gasteiger partial charge in [-0.3, -0.25) is 0 Å². The summed E-state index contributed by atoms with van der Waals surface area (Å²) in [4.78, 5) is 0. The van der Waals surface area contributed by atoms with Gasteiger partial charge in [0.1, 0.15) is 0 Å². The molecule has 0 fully saturated rings. The van der Waals surface area contributed by atoms with Gasteiger partial charge < -0.3 is 10.2 Å². The maximum atomic E-state index is 14.9. The van der Waals surface area contributed by atoms with Crippen molar-refractivity contribution in [2.24, 2.45) is 0 Å². The zero-order chi connectivity index (χ0) is 66.3. The van der Waals surface area contributed by atoms with Crippen LogP contribution in [0.3, 0.4) is 0 Å². The third-order valence-electron chi connectivity index (χ3n) is 15.2. The number of hydrogen-bond acceptors (Lipinski definition) is 10. The van der Waals surface area contributed by atoms with Crippen molar-refractivity contribution in [1.82, 2.24) is 0 Å². The van der Waals surface area contributed by atoms with E-state index in [1.54, 1.807) is 0 Å². The van der Waals surface area contributed by atoms with Crippen LogP contribution in [0, 0.1) is 32.8 Å².